The van der Waals surface area contributed by atoms with Crippen LogP contribution in [0.4, 0.5) is 0 Å². The van der Waals surface area contributed by atoms with E-state index >= 15 is 0 Å². The Balaban J connectivity index is 2.97. The lowest BCUT2D eigenvalue weighted by Crippen LogP contribution is -2.41. The van der Waals surface area contributed by atoms with E-state index in [1.165, 1.54) is 0 Å². The highest BCUT2D eigenvalue weighted by Crippen LogP contribution is 2.18. The first-order chi connectivity index (χ1) is 17.7. The highest BCUT2D eigenvalue weighted by molar-refractivity contribution is 5.81. The molecule has 10 heteroatoms. The minimum absolute atomic E-state index is 0.0773. The standard InChI is InChI=1S/C28H46N4O6/c1-5-27(3,29)15-17-31(23(33)11-13-25(35)36)19-21-7-9-22(10-8-21)20-32(18-16-28(4,30)6-2)24(34)12-14-26(37)38/h7-10H,5-6,11-20,29-30H2,1-4H3,(H,35,36)(H,37,38). The molecule has 1 rings (SSSR count). The molecular weight excluding hydrogens is 488 g/mol. The smallest absolute Gasteiger partial charge is 0.303 e. The van der Waals surface area contributed by atoms with Crippen LogP contribution >= 0.6 is 0 Å². The lowest BCUT2D eigenvalue weighted by Gasteiger charge is -2.29. The van der Waals surface area contributed by atoms with Crippen molar-refractivity contribution in [3.63, 3.8) is 0 Å². The third-order valence-corrected chi connectivity index (χ3v) is 7.10. The van der Waals surface area contributed by atoms with Gasteiger partial charge in [-0.15, -0.1) is 0 Å². The summed E-state index contributed by atoms with van der Waals surface area (Å²) in [6.45, 7) is 9.31. The zero-order valence-electron chi connectivity index (χ0n) is 23.4. The molecule has 38 heavy (non-hydrogen) atoms. The molecule has 0 aliphatic rings. The number of hydrogen-bond acceptors (Lipinski definition) is 6. The Morgan fingerprint density at radius 2 is 1.00 bits per heavy atom. The Labute approximate surface area is 226 Å². The maximum absolute atomic E-state index is 12.8. The Morgan fingerprint density at radius 3 is 1.26 bits per heavy atom. The number of aliphatic carboxylic acids is 2. The molecule has 2 atom stereocenters. The number of nitrogens with two attached hydrogens (primary N) is 2. The zero-order valence-corrected chi connectivity index (χ0v) is 23.4. The number of rotatable bonds is 18. The van der Waals surface area contributed by atoms with Crippen LogP contribution in [0.2, 0.25) is 0 Å². The summed E-state index contributed by atoms with van der Waals surface area (Å²) in [5.41, 5.74) is 13.4. The topological polar surface area (TPSA) is 167 Å². The molecule has 0 fully saturated rings. The average molecular weight is 535 g/mol. The Bertz CT molecular complexity index is 855. The van der Waals surface area contributed by atoms with E-state index in [1.54, 1.807) is 9.80 Å². The highest BCUT2D eigenvalue weighted by Gasteiger charge is 2.23. The SMILES string of the molecule is CCC(C)(N)CCN(Cc1ccc(CN(CCC(C)(N)CC)C(=O)CCC(=O)O)cc1)C(=O)CCC(=O)O. The van der Waals surface area contributed by atoms with Gasteiger partial charge in [-0.25, -0.2) is 0 Å². The molecule has 214 valence electrons. The Hall–Kier alpha value is -2.98. The number of benzene rings is 1. The van der Waals surface area contributed by atoms with Crippen LogP contribution < -0.4 is 11.5 Å². The van der Waals surface area contributed by atoms with Crippen molar-refractivity contribution in [2.75, 3.05) is 13.1 Å². The fourth-order valence-corrected chi connectivity index (χ4v) is 3.65. The first-order valence-electron chi connectivity index (χ1n) is 13.3. The second-order valence-corrected chi connectivity index (χ2v) is 10.7. The maximum Gasteiger partial charge on any atom is 0.303 e. The molecule has 0 saturated carbocycles. The number of amides is 2. The third kappa shape index (κ3) is 13.0. The fraction of sp³-hybridized carbons (Fsp3) is 0.643. The normalized spacial score (nSPS) is 14.3. The van der Waals surface area contributed by atoms with Gasteiger partial charge in [-0.1, -0.05) is 38.1 Å². The predicted octanol–water partition coefficient (Wildman–Crippen LogP) is 3.11. The summed E-state index contributed by atoms with van der Waals surface area (Å²) in [6, 6.07) is 7.53. The molecular formula is C28H46N4O6. The maximum atomic E-state index is 12.8. The molecule has 2 amide bonds. The van der Waals surface area contributed by atoms with E-state index in [2.05, 4.69) is 0 Å². The minimum atomic E-state index is -1.02. The Kier molecular flexibility index (Phi) is 13.4. The molecule has 0 aliphatic heterocycles. The van der Waals surface area contributed by atoms with Crippen LogP contribution in [0.5, 0.6) is 0 Å². The average Bonchev–Trinajstić information content (AvgIpc) is 2.86. The zero-order chi connectivity index (χ0) is 28.9. The molecule has 10 nitrogen and oxygen atoms in total. The van der Waals surface area contributed by atoms with Gasteiger partial charge in [0.15, 0.2) is 0 Å². The first-order valence-corrected chi connectivity index (χ1v) is 13.3. The predicted molar refractivity (Wildman–Crippen MR) is 146 cm³/mol. The van der Waals surface area contributed by atoms with Crippen LogP contribution in [0.3, 0.4) is 0 Å². The van der Waals surface area contributed by atoms with Crippen molar-refractivity contribution >= 4 is 23.8 Å². The molecule has 0 radical (unpaired) electrons. The van der Waals surface area contributed by atoms with Crippen molar-refractivity contribution in [1.29, 1.82) is 0 Å². The summed E-state index contributed by atoms with van der Waals surface area (Å²) >= 11 is 0. The number of carboxylic acid groups (broad SMARTS) is 2. The van der Waals surface area contributed by atoms with Crippen molar-refractivity contribution < 1.29 is 29.4 Å². The largest absolute Gasteiger partial charge is 0.481 e. The summed E-state index contributed by atoms with van der Waals surface area (Å²) in [5.74, 6) is -2.51. The van der Waals surface area contributed by atoms with Crippen LogP contribution in [-0.2, 0) is 32.3 Å². The van der Waals surface area contributed by atoms with Crippen LogP contribution in [0, 0.1) is 0 Å². The summed E-state index contributed by atoms with van der Waals surface area (Å²) in [4.78, 5) is 50.7. The van der Waals surface area contributed by atoms with E-state index < -0.39 is 23.0 Å². The van der Waals surface area contributed by atoms with E-state index in [1.807, 2.05) is 52.0 Å². The van der Waals surface area contributed by atoms with Gasteiger partial charge in [-0.3, -0.25) is 19.2 Å². The monoisotopic (exact) mass is 534 g/mol. The van der Waals surface area contributed by atoms with Gasteiger partial charge in [-0.2, -0.15) is 0 Å². The molecule has 6 N–H and O–H groups in total. The number of carbonyl (C=O) groups is 4. The van der Waals surface area contributed by atoms with Gasteiger partial charge in [0.25, 0.3) is 0 Å². The highest BCUT2D eigenvalue weighted by atomic mass is 16.4. The number of carboxylic acids is 2. The summed E-state index contributed by atoms with van der Waals surface area (Å²) in [5, 5.41) is 18.0. The van der Waals surface area contributed by atoms with E-state index in [9.17, 15) is 19.2 Å². The number of hydrogen-bond donors (Lipinski definition) is 4. The molecule has 0 aromatic heterocycles. The molecule has 0 spiro atoms. The molecule has 0 aliphatic carbocycles. The second kappa shape index (κ2) is 15.4. The molecule has 1 aromatic rings. The van der Waals surface area contributed by atoms with Crippen LogP contribution in [-0.4, -0.2) is 67.9 Å². The van der Waals surface area contributed by atoms with Gasteiger partial charge in [0.1, 0.15) is 0 Å². The van der Waals surface area contributed by atoms with Crippen molar-refractivity contribution in [3.05, 3.63) is 35.4 Å². The van der Waals surface area contributed by atoms with E-state index in [-0.39, 0.29) is 37.5 Å². The van der Waals surface area contributed by atoms with Crippen LogP contribution in [0.1, 0.15) is 90.2 Å². The second-order valence-electron chi connectivity index (χ2n) is 10.7. The Morgan fingerprint density at radius 1 is 0.684 bits per heavy atom. The summed E-state index contributed by atoms with van der Waals surface area (Å²) in [6.07, 6.45) is 2.07. The molecule has 0 bridgehead atoms. The van der Waals surface area contributed by atoms with Gasteiger partial charge in [0.05, 0.1) is 12.8 Å². The van der Waals surface area contributed by atoms with E-state index in [4.69, 9.17) is 21.7 Å². The quantitative estimate of drug-likeness (QED) is 0.223. The third-order valence-electron chi connectivity index (χ3n) is 7.10. The van der Waals surface area contributed by atoms with Crippen LogP contribution in [0.25, 0.3) is 0 Å². The van der Waals surface area contributed by atoms with Gasteiger partial charge in [0.2, 0.25) is 11.8 Å². The minimum Gasteiger partial charge on any atom is -0.481 e. The van der Waals surface area contributed by atoms with Gasteiger partial charge >= 0.3 is 11.9 Å². The lowest BCUT2D eigenvalue weighted by molar-refractivity contribution is -0.141. The molecule has 0 heterocycles. The summed E-state index contributed by atoms with van der Waals surface area (Å²) < 4.78 is 0. The van der Waals surface area contributed by atoms with E-state index in [0.717, 1.165) is 24.0 Å². The van der Waals surface area contributed by atoms with Crippen molar-refractivity contribution in [2.45, 2.75) is 103 Å². The lowest BCUT2D eigenvalue weighted by atomic mass is 9.95. The first kappa shape index (κ1) is 33.0. The van der Waals surface area contributed by atoms with Crippen molar-refractivity contribution in [3.8, 4) is 0 Å². The number of carbonyl (C=O) groups excluding carboxylic acids is 2. The molecule has 1 aromatic carbocycles. The van der Waals surface area contributed by atoms with Crippen molar-refractivity contribution in [2.24, 2.45) is 11.5 Å². The molecule has 0 saturated heterocycles. The summed E-state index contributed by atoms with van der Waals surface area (Å²) in [7, 11) is 0. The number of nitrogens with zero attached hydrogens (tertiary/aromatic N) is 2. The fourth-order valence-electron chi connectivity index (χ4n) is 3.65. The van der Waals surface area contributed by atoms with Gasteiger partial charge in [0, 0.05) is 50.1 Å². The van der Waals surface area contributed by atoms with E-state index in [0.29, 0.717) is 39.0 Å². The van der Waals surface area contributed by atoms with Crippen LogP contribution in [0.15, 0.2) is 24.3 Å². The van der Waals surface area contributed by atoms with Gasteiger partial charge in [-0.05, 0) is 50.7 Å². The van der Waals surface area contributed by atoms with Gasteiger partial charge < -0.3 is 31.5 Å². The molecule has 2 unspecified atom stereocenters. The van der Waals surface area contributed by atoms with Crippen molar-refractivity contribution in [1.82, 2.24) is 9.80 Å².